The molecule has 19 heavy (non-hydrogen) atoms. The number of aryl methyl sites for hydroxylation is 1. The van der Waals surface area contributed by atoms with Crippen LogP contribution in [0.4, 0.5) is 0 Å². The molecule has 0 aliphatic rings. The molecule has 7 heteroatoms. The highest BCUT2D eigenvalue weighted by atomic mass is 32.2. The Labute approximate surface area is 115 Å². The Balaban J connectivity index is 2.85. The summed E-state index contributed by atoms with van der Waals surface area (Å²) in [5, 5.41) is 12.7. The van der Waals surface area contributed by atoms with Crippen molar-refractivity contribution in [1.29, 1.82) is 0 Å². The number of rotatable bonds is 6. The fourth-order valence-electron chi connectivity index (χ4n) is 1.77. The van der Waals surface area contributed by atoms with E-state index < -0.39 is 10.0 Å². The number of sulfonamides is 1. The zero-order valence-electron chi connectivity index (χ0n) is 12.0. The maximum atomic E-state index is 12.3. The Morgan fingerprint density at radius 2 is 2.05 bits per heavy atom. The summed E-state index contributed by atoms with van der Waals surface area (Å²) in [7, 11) is -1.91. The Morgan fingerprint density at radius 3 is 2.58 bits per heavy atom. The van der Waals surface area contributed by atoms with Gasteiger partial charge in [-0.2, -0.15) is 5.10 Å². The molecule has 1 N–H and O–H groups in total. The van der Waals surface area contributed by atoms with Gasteiger partial charge in [-0.25, -0.2) is 12.7 Å². The van der Waals surface area contributed by atoms with Crippen molar-refractivity contribution in [3.05, 3.63) is 12.4 Å². The molecule has 0 atom stereocenters. The van der Waals surface area contributed by atoms with Gasteiger partial charge in [-0.05, 0) is 11.8 Å². The van der Waals surface area contributed by atoms with Gasteiger partial charge in [0, 0.05) is 32.9 Å². The normalized spacial score (nSPS) is 13.2. The average Bonchev–Trinajstić information content (AvgIpc) is 2.73. The van der Waals surface area contributed by atoms with Crippen LogP contribution in [0.3, 0.4) is 0 Å². The van der Waals surface area contributed by atoms with Crippen molar-refractivity contribution < 1.29 is 13.5 Å². The van der Waals surface area contributed by atoms with Crippen LogP contribution >= 0.6 is 0 Å². The average molecular weight is 289 g/mol. The van der Waals surface area contributed by atoms with Crippen molar-refractivity contribution >= 4 is 10.0 Å². The summed E-state index contributed by atoms with van der Waals surface area (Å²) in [6, 6.07) is 0. The number of aliphatic hydroxyl groups excluding tert-OH is 1. The molecule has 0 spiro atoms. The van der Waals surface area contributed by atoms with Gasteiger partial charge in [-0.15, -0.1) is 0 Å². The number of hydrogen-bond donors (Lipinski definition) is 1. The van der Waals surface area contributed by atoms with Gasteiger partial charge in [-0.3, -0.25) is 4.68 Å². The first-order chi connectivity index (χ1) is 8.66. The Kier molecular flexibility index (Phi) is 5.11. The van der Waals surface area contributed by atoms with E-state index in [0.29, 0.717) is 19.5 Å². The summed E-state index contributed by atoms with van der Waals surface area (Å²) in [5.41, 5.74) is -0.102. The van der Waals surface area contributed by atoms with Crippen LogP contribution in [0.2, 0.25) is 0 Å². The summed E-state index contributed by atoms with van der Waals surface area (Å²) < 4.78 is 27.5. The zero-order valence-corrected chi connectivity index (χ0v) is 12.8. The predicted octanol–water partition coefficient (Wildman–Crippen LogP) is 0.932. The SMILES string of the molecule is CN(CC(C)(C)C)S(=O)(=O)c1cnn(CCCO)c1. The molecule has 1 rings (SSSR count). The van der Waals surface area contributed by atoms with E-state index in [-0.39, 0.29) is 16.9 Å². The van der Waals surface area contributed by atoms with E-state index >= 15 is 0 Å². The molecule has 0 fully saturated rings. The summed E-state index contributed by atoms with van der Waals surface area (Å²) in [5.74, 6) is 0. The van der Waals surface area contributed by atoms with Gasteiger partial charge in [0.15, 0.2) is 0 Å². The van der Waals surface area contributed by atoms with Crippen LogP contribution in [0, 0.1) is 5.41 Å². The summed E-state index contributed by atoms with van der Waals surface area (Å²) in [6.07, 6.45) is 3.41. The largest absolute Gasteiger partial charge is 0.396 e. The minimum Gasteiger partial charge on any atom is -0.396 e. The molecule has 0 saturated heterocycles. The van der Waals surface area contributed by atoms with Crippen molar-refractivity contribution in [1.82, 2.24) is 14.1 Å². The molecule has 0 bridgehead atoms. The third-order valence-corrected chi connectivity index (χ3v) is 4.32. The molecule has 0 aromatic carbocycles. The fourth-order valence-corrected chi connectivity index (χ4v) is 3.12. The van der Waals surface area contributed by atoms with Gasteiger partial charge in [0.05, 0.1) is 6.20 Å². The highest BCUT2D eigenvalue weighted by Gasteiger charge is 2.26. The Bertz CT molecular complexity index is 503. The van der Waals surface area contributed by atoms with Crippen LogP contribution < -0.4 is 0 Å². The van der Waals surface area contributed by atoms with Crippen molar-refractivity contribution in [2.75, 3.05) is 20.2 Å². The maximum Gasteiger partial charge on any atom is 0.245 e. The van der Waals surface area contributed by atoms with Crippen LogP contribution in [0.5, 0.6) is 0 Å². The number of aromatic nitrogens is 2. The molecular weight excluding hydrogens is 266 g/mol. The lowest BCUT2D eigenvalue weighted by Crippen LogP contribution is -2.34. The van der Waals surface area contributed by atoms with E-state index in [2.05, 4.69) is 5.10 Å². The molecule has 0 aliphatic carbocycles. The van der Waals surface area contributed by atoms with Crippen LogP contribution in [0.1, 0.15) is 27.2 Å². The first kappa shape index (κ1) is 16.1. The second-order valence-electron chi connectivity index (χ2n) is 5.84. The van der Waals surface area contributed by atoms with E-state index in [1.54, 1.807) is 7.05 Å². The van der Waals surface area contributed by atoms with Gasteiger partial charge in [0.1, 0.15) is 4.90 Å². The lowest BCUT2D eigenvalue weighted by atomic mass is 9.97. The molecule has 0 saturated carbocycles. The molecule has 1 aromatic rings. The highest BCUT2D eigenvalue weighted by molar-refractivity contribution is 7.89. The van der Waals surface area contributed by atoms with Crippen molar-refractivity contribution in [3.63, 3.8) is 0 Å². The second-order valence-corrected chi connectivity index (χ2v) is 7.88. The topological polar surface area (TPSA) is 75.4 Å². The predicted molar refractivity (Wildman–Crippen MR) is 73.2 cm³/mol. The van der Waals surface area contributed by atoms with E-state index in [1.807, 2.05) is 20.8 Å². The van der Waals surface area contributed by atoms with Gasteiger partial charge in [0.2, 0.25) is 10.0 Å². The first-order valence-corrected chi connectivity index (χ1v) is 7.70. The van der Waals surface area contributed by atoms with Crippen LogP contribution in [0.25, 0.3) is 0 Å². The lowest BCUT2D eigenvalue weighted by molar-refractivity contribution is 0.277. The molecular formula is C12H23N3O3S. The van der Waals surface area contributed by atoms with Crippen molar-refractivity contribution in [2.24, 2.45) is 5.41 Å². The smallest absolute Gasteiger partial charge is 0.245 e. The first-order valence-electron chi connectivity index (χ1n) is 6.26. The maximum absolute atomic E-state index is 12.3. The summed E-state index contributed by atoms with van der Waals surface area (Å²) in [4.78, 5) is 0.192. The highest BCUT2D eigenvalue weighted by Crippen LogP contribution is 2.20. The number of aliphatic hydroxyl groups is 1. The van der Waals surface area contributed by atoms with Crippen LogP contribution in [-0.4, -0.2) is 47.8 Å². The number of nitrogens with zero attached hydrogens (tertiary/aromatic N) is 3. The molecule has 0 radical (unpaired) electrons. The third kappa shape index (κ3) is 4.59. The second kappa shape index (κ2) is 6.02. The summed E-state index contributed by atoms with van der Waals surface area (Å²) in [6.45, 7) is 6.98. The molecule has 0 aliphatic heterocycles. The Hall–Kier alpha value is -0.920. The van der Waals surface area contributed by atoms with Crippen LogP contribution in [0.15, 0.2) is 17.3 Å². The van der Waals surface area contributed by atoms with Gasteiger partial charge < -0.3 is 5.11 Å². The number of hydrogen-bond acceptors (Lipinski definition) is 4. The van der Waals surface area contributed by atoms with E-state index in [4.69, 9.17) is 5.11 Å². The van der Waals surface area contributed by atoms with Crippen molar-refractivity contribution in [3.8, 4) is 0 Å². The van der Waals surface area contributed by atoms with Gasteiger partial charge in [0.25, 0.3) is 0 Å². The van der Waals surface area contributed by atoms with Gasteiger partial charge >= 0.3 is 0 Å². The minimum atomic E-state index is -3.49. The van der Waals surface area contributed by atoms with E-state index in [0.717, 1.165) is 0 Å². The van der Waals surface area contributed by atoms with E-state index in [1.165, 1.54) is 21.4 Å². The zero-order chi connectivity index (χ0) is 14.7. The fraction of sp³-hybridized carbons (Fsp3) is 0.750. The van der Waals surface area contributed by atoms with Crippen LogP contribution in [-0.2, 0) is 16.6 Å². The van der Waals surface area contributed by atoms with E-state index in [9.17, 15) is 8.42 Å². The standard InChI is InChI=1S/C12H23N3O3S/c1-12(2,3)10-14(4)19(17,18)11-8-13-15(9-11)6-5-7-16/h8-9,16H,5-7,10H2,1-4H3. The quantitative estimate of drug-likeness (QED) is 0.845. The van der Waals surface area contributed by atoms with Gasteiger partial charge in [-0.1, -0.05) is 20.8 Å². The van der Waals surface area contributed by atoms with Crippen molar-refractivity contribution in [2.45, 2.75) is 38.6 Å². The minimum absolute atomic E-state index is 0.0614. The Morgan fingerprint density at radius 1 is 1.42 bits per heavy atom. The molecule has 1 aromatic heterocycles. The molecule has 0 unspecified atom stereocenters. The molecule has 0 amide bonds. The molecule has 6 nitrogen and oxygen atoms in total. The third-order valence-electron chi connectivity index (χ3n) is 2.56. The molecule has 110 valence electrons. The monoisotopic (exact) mass is 289 g/mol. The summed E-state index contributed by atoms with van der Waals surface area (Å²) >= 11 is 0. The molecule has 1 heterocycles. The lowest BCUT2D eigenvalue weighted by Gasteiger charge is -2.25.